The molecule has 6 nitrogen and oxygen atoms in total. The van der Waals surface area contributed by atoms with Crippen LogP contribution in [0.3, 0.4) is 0 Å². The van der Waals surface area contributed by atoms with Crippen LogP contribution in [0.2, 0.25) is 0 Å². The predicted molar refractivity (Wildman–Crippen MR) is 17.2 cm³/mol. The first-order chi connectivity index (χ1) is 3.89. The Balaban J connectivity index is -0.000000320. The van der Waals surface area contributed by atoms with E-state index < -0.39 is 17.7 Å². The summed E-state index contributed by atoms with van der Waals surface area (Å²) in [5.41, 5.74) is 0. The van der Waals surface area contributed by atoms with Crippen molar-refractivity contribution in [2.75, 3.05) is 0 Å². The minimum atomic E-state index is -3.89. The molecule has 0 unspecified atom stereocenters. The van der Waals surface area contributed by atoms with Gasteiger partial charge in [-0.15, -0.1) is 0 Å². The summed E-state index contributed by atoms with van der Waals surface area (Å²) < 4.78 is 0. The minimum Gasteiger partial charge on any atom is -0.544 e. The van der Waals surface area contributed by atoms with Gasteiger partial charge in [0.1, 0.15) is 11.9 Å². The summed E-state index contributed by atoms with van der Waals surface area (Å²) in [4.78, 5) is 18.9. The Morgan fingerprint density at radius 2 is 1.18 bits per heavy atom. The molecule has 0 spiro atoms. The molecule has 0 aromatic carbocycles. The largest absolute Gasteiger partial charge is 1.00 e. The minimum absolute atomic E-state index is 0. The number of hydrogen-bond donors (Lipinski definition) is 2. The van der Waals surface area contributed by atoms with Gasteiger partial charge in [0.15, 0.2) is 0 Å². The van der Waals surface area contributed by atoms with E-state index in [-0.39, 0.29) is 59.1 Å². The molecule has 0 aliphatic carbocycles. The molecule has 0 aromatic rings. The van der Waals surface area contributed by atoms with Gasteiger partial charge in [0, 0.05) is 0 Å². The van der Waals surface area contributed by atoms with Crippen LogP contribution in [0.1, 0.15) is 0 Å². The number of aliphatic carboxylic acids is 2. The quantitative estimate of drug-likeness (QED) is 0.247. The number of hydrogen-bond acceptors (Lipinski definition) is 6. The SMILES string of the molecule is O=C([O-])C(O)(O)C(=O)[O-].[Na+].[Na+]. The number of rotatable bonds is 2. The molecule has 0 heterocycles. The van der Waals surface area contributed by atoms with Crippen LogP contribution in [0.15, 0.2) is 0 Å². The summed E-state index contributed by atoms with van der Waals surface area (Å²) >= 11 is 0. The molecule has 0 amide bonds. The topological polar surface area (TPSA) is 121 Å². The monoisotopic (exact) mass is 180 g/mol. The molecule has 0 saturated carbocycles. The first-order valence-electron chi connectivity index (χ1n) is 1.76. The van der Waals surface area contributed by atoms with Gasteiger partial charge in [-0.05, 0) is 0 Å². The smallest absolute Gasteiger partial charge is 0.544 e. The molecule has 0 saturated heterocycles. The van der Waals surface area contributed by atoms with E-state index in [1.54, 1.807) is 0 Å². The summed E-state index contributed by atoms with van der Waals surface area (Å²) in [6, 6.07) is 0. The fourth-order valence-corrected chi connectivity index (χ4v) is 0.0833. The maximum atomic E-state index is 9.43. The van der Waals surface area contributed by atoms with Crippen molar-refractivity contribution in [3.63, 3.8) is 0 Å². The zero-order chi connectivity index (χ0) is 7.65. The van der Waals surface area contributed by atoms with E-state index in [9.17, 15) is 19.8 Å². The Hall–Kier alpha value is 0.860. The summed E-state index contributed by atoms with van der Waals surface area (Å²) in [6.45, 7) is 0. The van der Waals surface area contributed by atoms with Gasteiger partial charge in [-0.25, -0.2) is 0 Å². The molecule has 0 aliphatic heterocycles. The first kappa shape index (κ1) is 17.8. The molecule has 0 radical (unpaired) electrons. The van der Waals surface area contributed by atoms with Gasteiger partial charge in [0.2, 0.25) is 5.79 Å². The van der Waals surface area contributed by atoms with Crippen LogP contribution < -0.4 is 69.3 Å². The number of carboxylic acid groups (broad SMARTS) is 2. The average Bonchev–Trinajstić information content (AvgIpc) is 1.65. The Morgan fingerprint density at radius 3 is 1.18 bits per heavy atom. The van der Waals surface area contributed by atoms with E-state index in [0.717, 1.165) is 0 Å². The van der Waals surface area contributed by atoms with E-state index in [1.165, 1.54) is 0 Å². The fourth-order valence-electron chi connectivity index (χ4n) is 0.0833. The Bertz CT molecular complexity index is 138. The van der Waals surface area contributed by atoms with Crippen LogP contribution in [-0.4, -0.2) is 27.9 Å². The van der Waals surface area contributed by atoms with Crippen LogP contribution in [-0.2, 0) is 9.59 Å². The van der Waals surface area contributed by atoms with Gasteiger partial charge >= 0.3 is 59.1 Å². The number of carbonyl (C=O) groups excluding carboxylic acids is 2. The molecule has 52 valence electrons. The predicted octanol–water partition coefficient (Wildman–Crippen LogP) is -10.8. The van der Waals surface area contributed by atoms with Gasteiger partial charge in [-0.1, -0.05) is 0 Å². The number of carboxylic acids is 2. The van der Waals surface area contributed by atoms with Crippen molar-refractivity contribution >= 4 is 11.9 Å². The second-order valence-corrected chi connectivity index (χ2v) is 1.25. The van der Waals surface area contributed by atoms with Crippen molar-refractivity contribution < 1.29 is 89.1 Å². The fraction of sp³-hybridized carbons (Fsp3) is 0.333. The summed E-state index contributed by atoms with van der Waals surface area (Å²) in [6.07, 6.45) is 0. The first-order valence-corrected chi connectivity index (χ1v) is 1.76. The second-order valence-electron chi connectivity index (χ2n) is 1.25. The van der Waals surface area contributed by atoms with Crippen LogP contribution >= 0.6 is 0 Å². The molecule has 0 atom stereocenters. The average molecular weight is 180 g/mol. The molecule has 0 aromatic heterocycles. The molecule has 0 aliphatic rings. The maximum absolute atomic E-state index is 9.43. The Morgan fingerprint density at radius 1 is 1.00 bits per heavy atom. The zero-order valence-corrected chi connectivity index (χ0v) is 10.0. The third-order valence-electron chi connectivity index (χ3n) is 0.569. The molecule has 11 heavy (non-hydrogen) atoms. The van der Waals surface area contributed by atoms with Crippen LogP contribution in [0.5, 0.6) is 0 Å². The third kappa shape index (κ3) is 5.15. The summed E-state index contributed by atoms with van der Waals surface area (Å²) in [5, 5.41) is 34.7. The van der Waals surface area contributed by atoms with Crippen molar-refractivity contribution in [3.8, 4) is 0 Å². The second kappa shape index (κ2) is 6.38. The molecule has 8 heteroatoms. The molecule has 0 fully saturated rings. The van der Waals surface area contributed by atoms with Crippen molar-refractivity contribution in [1.82, 2.24) is 0 Å². The molecule has 0 rings (SSSR count). The van der Waals surface area contributed by atoms with E-state index >= 15 is 0 Å². The van der Waals surface area contributed by atoms with Crippen molar-refractivity contribution in [2.24, 2.45) is 0 Å². The normalized spacial score (nSPS) is 8.91. The maximum Gasteiger partial charge on any atom is 1.00 e. The van der Waals surface area contributed by atoms with E-state index in [1.807, 2.05) is 0 Å². The Labute approximate surface area is 106 Å². The van der Waals surface area contributed by atoms with Crippen molar-refractivity contribution in [3.05, 3.63) is 0 Å². The zero-order valence-electron chi connectivity index (χ0n) is 6.03. The van der Waals surface area contributed by atoms with Gasteiger partial charge in [-0.3, -0.25) is 0 Å². The van der Waals surface area contributed by atoms with Crippen LogP contribution in [0, 0.1) is 0 Å². The molecular formula is C3H2Na2O6. The van der Waals surface area contributed by atoms with E-state index in [2.05, 4.69) is 0 Å². The van der Waals surface area contributed by atoms with E-state index in [4.69, 9.17) is 10.2 Å². The van der Waals surface area contributed by atoms with Gasteiger partial charge < -0.3 is 30.0 Å². The Kier molecular flexibility index (Phi) is 10.3. The summed E-state index contributed by atoms with van der Waals surface area (Å²) in [5.74, 6) is -8.94. The van der Waals surface area contributed by atoms with E-state index in [0.29, 0.717) is 0 Å². The van der Waals surface area contributed by atoms with Gasteiger partial charge in [0.25, 0.3) is 0 Å². The molecule has 0 bridgehead atoms. The van der Waals surface area contributed by atoms with Gasteiger partial charge in [-0.2, -0.15) is 0 Å². The third-order valence-corrected chi connectivity index (χ3v) is 0.569. The van der Waals surface area contributed by atoms with Crippen LogP contribution in [0.4, 0.5) is 0 Å². The molecular weight excluding hydrogens is 178 g/mol. The van der Waals surface area contributed by atoms with Crippen molar-refractivity contribution in [2.45, 2.75) is 5.79 Å². The van der Waals surface area contributed by atoms with Crippen LogP contribution in [0.25, 0.3) is 0 Å². The van der Waals surface area contributed by atoms with Crippen molar-refractivity contribution in [1.29, 1.82) is 0 Å². The standard InChI is InChI=1S/C3H4O6.2Na/c4-1(5)3(8,9)2(6)7;;/h8-9H,(H,4,5)(H,6,7);;/q;2*+1/p-2. The van der Waals surface area contributed by atoms with Gasteiger partial charge in [0.05, 0.1) is 0 Å². The number of carbonyl (C=O) groups is 2. The summed E-state index contributed by atoms with van der Waals surface area (Å²) in [7, 11) is 0. The molecule has 2 N–H and O–H groups in total. The number of aliphatic hydroxyl groups is 2.